The fraction of sp³-hybridized carbons (Fsp3) is 0. The zero-order valence-electron chi connectivity index (χ0n) is 12.2. The van der Waals surface area contributed by atoms with Crippen LogP contribution in [0.3, 0.4) is 0 Å². The predicted octanol–water partition coefficient (Wildman–Crippen LogP) is 5.10. The van der Waals surface area contributed by atoms with Gasteiger partial charge in [-0.25, -0.2) is 0 Å². The van der Waals surface area contributed by atoms with Gasteiger partial charge < -0.3 is 0 Å². The first-order chi connectivity index (χ1) is 11.5. The Balaban J connectivity index is 2.08. The number of fused-ring (bicyclic) bond motifs is 6. The van der Waals surface area contributed by atoms with Crippen LogP contribution in [-0.2, 0) is 0 Å². The summed E-state index contributed by atoms with van der Waals surface area (Å²) < 4.78 is 2.08. The highest BCUT2D eigenvalue weighted by Crippen LogP contribution is 2.32. The molecule has 2 nitrogen and oxygen atoms in total. The molecule has 0 heterocycles. The quantitative estimate of drug-likeness (QED) is 0.259. The van der Waals surface area contributed by atoms with Crippen molar-refractivity contribution in [2.75, 3.05) is 0 Å². The van der Waals surface area contributed by atoms with E-state index in [9.17, 15) is 9.59 Å². The summed E-state index contributed by atoms with van der Waals surface area (Å²) in [5.74, 6) is 0. The summed E-state index contributed by atoms with van der Waals surface area (Å²) in [6, 6.07) is 15.6. The van der Waals surface area contributed by atoms with Crippen LogP contribution in [0.5, 0.6) is 0 Å². The lowest BCUT2D eigenvalue weighted by molar-refractivity contribution is 1.73. The fourth-order valence-electron chi connectivity index (χ4n) is 3.59. The van der Waals surface area contributed by atoms with Gasteiger partial charge in [0.25, 0.3) is 0 Å². The van der Waals surface area contributed by atoms with Crippen molar-refractivity contribution in [3.63, 3.8) is 0 Å². The van der Waals surface area contributed by atoms with Crippen LogP contribution in [0.4, 0.5) is 0 Å². The van der Waals surface area contributed by atoms with Gasteiger partial charge in [0.15, 0.2) is 10.9 Å². The molecule has 24 heavy (non-hydrogen) atoms. The predicted molar refractivity (Wildman–Crippen MR) is 117 cm³/mol. The van der Waals surface area contributed by atoms with Crippen LogP contribution in [0.15, 0.2) is 58.1 Å². The van der Waals surface area contributed by atoms with Crippen molar-refractivity contribution in [3.05, 3.63) is 76.1 Å². The average molecular weight is 534 g/mol. The van der Waals surface area contributed by atoms with E-state index in [2.05, 4.69) is 45.2 Å². The lowest BCUT2D eigenvalue weighted by Crippen LogP contribution is -1.95. The van der Waals surface area contributed by atoms with Gasteiger partial charge >= 0.3 is 0 Å². The molecule has 114 valence electrons. The third-order valence-electron chi connectivity index (χ3n) is 4.68. The molecule has 0 aromatic heterocycles. The minimum absolute atomic E-state index is 0.0488. The lowest BCUT2D eigenvalue weighted by atomic mass is 10.1. The van der Waals surface area contributed by atoms with Crippen LogP contribution in [0.2, 0.25) is 0 Å². The summed E-state index contributed by atoms with van der Waals surface area (Å²) in [5.41, 5.74) is 0.0976. The van der Waals surface area contributed by atoms with Crippen molar-refractivity contribution >= 4 is 88.3 Å². The standard InChI is InChI=1S/C20H8I2O2/c21-9-1-3-11-13-7-18-14(8-17(13)19(23)15(11)5-9)12-4-2-10(22)6-16(12)20(18)24/h1-8H. The van der Waals surface area contributed by atoms with E-state index >= 15 is 0 Å². The Morgan fingerprint density at radius 1 is 0.458 bits per heavy atom. The summed E-state index contributed by atoms with van der Waals surface area (Å²) in [7, 11) is 0. The first kappa shape index (κ1) is 14.8. The normalized spacial score (nSPS) is 12.1. The molecule has 0 amide bonds. The van der Waals surface area contributed by atoms with Gasteiger partial charge in [0.05, 0.1) is 0 Å². The fourth-order valence-corrected chi connectivity index (χ4v) is 4.57. The van der Waals surface area contributed by atoms with E-state index in [0.717, 1.165) is 39.5 Å². The topological polar surface area (TPSA) is 34.1 Å². The SMILES string of the molecule is O=c1c2cc(I)ccc2c2cc3c(=O)c4cc(I)ccc4c3cc12. The molecule has 0 atom stereocenters. The van der Waals surface area contributed by atoms with E-state index in [4.69, 9.17) is 0 Å². The maximum Gasteiger partial charge on any atom is 0.194 e. The van der Waals surface area contributed by atoms with Gasteiger partial charge in [0.2, 0.25) is 0 Å². The molecule has 0 fully saturated rings. The van der Waals surface area contributed by atoms with Crippen LogP contribution >= 0.6 is 45.2 Å². The van der Waals surface area contributed by atoms with Crippen LogP contribution in [-0.4, -0.2) is 0 Å². The summed E-state index contributed by atoms with van der Waals surface area (Å²) >= 11 is 4.43. The molecule has 0 aliphatic heterocycles. The van der Waals surface area contributed by atoms with Gasteiger partial charge in [-0.05, 0) is 103 Å². The van der Waals surface area contributed by atoms with Crippen molar-refractivity contribution in [3.8, 4) is 0 Å². The zero-order chi connectivity index (χ0) is 16.6. The Morgan fingerprint density at radius 3 is 1.25 bits per heavy atom. The van der Waals surface area contributed by atoms with Gasteiger partial charge in [0, 0.05) is 28.7 Å². The van der Waals surface area contributed by atoms with Crippen LogP contribution in [0.1, 0.15) is 0 Å². The molecule has 0 aliphatic rings. The van der Waals surface area contributed by atoms with E-state index in [0.29, 0.717) is 10.8 Å². The molecule has 0 N–H and O–H groups in total. The number of halogens is 2. The molecule has 0 bridgehead atoms. The average Bonchev–Trinajstić information content (AvgIpc) is 2.99. The van der Waals surface area contributed by atoms with Crippen molar-refractivity contribution < 1.29 is 0 Å². The molecule has 5 rings (SSSR count). The Labute approximate surface area is 163 Å². The monoisotopic (exact) mass is 534 g/mol. The molecule has 0 unspecified atom stereocenters. The molecule has 5 aromatic rings. The smallest absolute Gasteiger partial charge is 0.194 e. The molecule has 0 saturated carbocycles. The Hall–Kier alpha value is -1.54. The second kappa shape index (κ2) is 4.98. The van der Waals surface area contributed by atoms with Crippen LogP contribution < -0.4 is 10.9 Å². The second-order valence-corrected chi connectivity index (χ2v) is 8.47. The number of rotatable bonds is 0. The van der Waals surface area contributed by atoms with Crippen molar-refractivity contribution in [1.82, 2.24) is 0 Å². The largest absolute Gasteiger partial charge is 0.289 e. The van der Waals surface area contributed by atoms with Crippen molar-refractivity contribution in [2.45, 2.75) is 0 Å². The van der Waals surface area contributed by atoms with Gasteiger partial charge in [0.1, 0.15) is 0 Å². The highest BCUT2D eigenvalue weighted by Gasteiger charge is 2.16. The highest BCUT2D eigenvalue weighted by molar-refractivity contribution is 14.1. The summed E-state index contributed by atoms with van der Waals surface area (Å²) in [6.07, 6.45) is 0. The first-order valence-corrected chi connectivity index (χ1v) is 9.57. The summed E-state index contributed by atoms with van der Waals surface area (Å²) in [5, 5.41) is 6.47. The number of hydrogen-bond donors (Lipinski definition) is 0. The molecular formula is C20H8I2O2. The second-order valence-electron chi connectivity index (χ2n) is 5.98. The van der Waals surface area contributed by atoms with Gasteiger partial charge in [-0.3, -0.25) is 9.59 Å². The summed E-state index contributed by atoms with van der Waals surface area (Å²) in [4.78, 5) is 25.6. The highest BCUT2D eigenvalue weighted by atomic mass is 127. The first-order valence-electron chi connectivity index (χ1n) is 7.42. The zero-order valence-corrected chi connectivity index (χ0v) is 16.5. The van der Waals surface area contributed by atoms with Crippen molar-refractivity contribution in [1.29, 1.82) is 0 Å². The molecule has 0 saturated heterocycles. The van der Waals surface area contributed by atoms with Gasteiger partial charge in [-0.2, -0.15) is 0 Å². The van der Waals surface area contributed by atoms with Gasteiger partial charge in [-0.15, -0.1) is 0 Å². The molecular weight excluding hydrogens is 526 g/mol. The maximum atomic E-state index is 12.8. The van der Waals surface area contributed by atoms with Crippen LogP contribution in [0, 0.1) is 7.14 Å². The van der Waals surface area contributed by atoms with Crippen LogP contribution in [0.25, 0.3) is 43.1 Å². The third kappa shape index (κ3) is 1.86. The van der Waals surface area contributed by atoms with E-state index in [1.54, 1.807) is 0 Å². The molecule has 5 aromatic carbocycles. The summed E-state index contributed by atoms with van der Waals surface area (Å²) in [6.45, 7) is 0. The van der Waals surface area contributed by atoms with E-state index in [-0.39, 0.29) is 10.9 Å². The Kier molecular flexibility index (Phi) is 3.07. The minimum Gasteiger partial charge on any atom is -0.289 e. The lowest BCUT2D eigenvalue weighted by Gasteiger charge is -1.95. The molecule has 4 heteroatoms. The van der Waals surface area contributed by atoms with E-state index in [1.807, 2.05) is 48.5 Å². The number of hydrogen-bond acceptors (Lipinski definition) is 2. The van der Waals surface area contributed by atoms with Gasteiger partial charge in [-0.1, -0.05) is 12.1 Å². The molecule has 0 spiro atoms. The Bertz CT molecular complexity index is 1300. The Morgan fingerprint density at radius 2 is 0.833 bits per heavy atom. The van der Waals surface area contributed by atoms with E-state index in [1.165, 1.54) is 0 Å². The van der Waals surface area contributed by atoms with E-state index < -0.39 is 0 Å². The van der Waals surface area contributed by atoms with Crippen molar-refractivity contribution in [2.24, 2.45) is 0 Å². The third-order valence-corrected chi connectivity index (χ3v) is 6.02. The number of benzene rings is 3. The molecule has 0 aliphatic carbocycles. The maximum absolute atomic E-state index is 12.8. The minimum atomic E-state index is 0.0488. The molecule has 0 radical (unpaired) electrons.